The second-order valence-electron chi connectivity index (χ2n) is 6.36. The van der Waals surface area contributed by atoms with Crippen LogP contribution in [-0.4, -0.2) is 48.9 Å². The number of carbonyl (C=O) groups is 1. The Morgan fingerprint density at radius 1 is 1.32 bits per heavy atom. The summed E-state index contributed by atoms with van der Waals surface area (Å²) < 4.78 is 0. The number of halogens is 1. The SMILES string of the molecule is CCCCN(C)C(=NC)NCc1ccccc1CN1CCCC1=O.I. The highest BCUT2D eigenvalue weighted by atomic mass is 127. The van der Waals surface area contributed by atoms with Gasteiger partial charge in [0.25, 0.3) is 0 Å². The number of nitrogens with one attached hydrogen (secondary N) is 1. The van der Waals surface area contributed by atoms with E-state index in [9.17, 15) is 4.79 Å². The Morgan fingerprint density at radius 3 is 2.64 bits per heavy atom. The van der Waals surface area contributed by atoms with Crippen molar-refractivity contribution in [2.75, 3.05) is 27.2 Å². The zero-order valence-corrected chi connectivity index (χ0v) is 18.0. The summed E-state index contributed by atoms with van der Waals surface area (Å²) in [6, 6.07) is 8.34. The lowest BCUT2D eigenvalue weighted by Crippen LogP contribution is -2.39. The lowest BCUT2D eigenvalue weighted by atomic mass is 10.1. The van der Waals surface area contributed by atoms with E-state index < -0.39 is 0 Å². The Labute approximate surface area is 168 Å². The number of likely N-dealkylation sites (tertiary alicyclic amines) is 1. The number of hydrogen-bond donors (Lipinski definition) is 1. The molecule has 0 atom stereocenters. The molecule has 0 aromatic heterocycles. The zero-order valence-electron chi connectivity index (χ0n) is 15.6. The Balaban J connectivity index is 0.00000312. The minimum atomic E-state index is 0. The largest absolute Gasteiger partial charge is 0.352 e. The van der Waals surface area contributed by atoms with E-state index in [0.717, 1.165) is 38.4 Å². The number of unbranched alkanes of at least 4 members (excludes halogenated alkanes) is 1. The first-order valence-electron chi connectivity index (χ1n) is 8.92. The van der Waals surface area contributed by atoms with Crippen molar-refractivity contribution in [1.29, 1.82) is 0 Å². The zero-order chi connectivity index (χ0) is 17.4. The van der Waals surface area contributed by atoms with Gasteiger partial charge in [0.15, 0.2) is 5.96 Å². The van der Waals surface area contributed by atoms with E-state index in [0.29, 0.717) is 13.0 Å². The summed E-state index contributed by atoms with van der Waals surface area (Å²) in [6.45, 7) is 5.50. The summed E-state index contributed by atoms with van der Waals surface area (Å²) in [5, 5.41) is 3.44. The molecule has 1 amide bonds. The third-order valence-electron chi connectivity index (χ3n) is 4.51. The number of rotatable bonds is 7. The van der Waals surface area contributed by atoms with Gasteiger partial charge in [0.1, 0.15) is 0 Å². The monoisotopic (exact) mass is 458 g/mol. The van der Waals surface area contributed by atoms with Crippen LogP contribution in [0.2, 0.25) is 0 Å². The Morgan fingerprint density at radius 2 is 2.04 bits per heavy atom. The van der Waals surface area contributed by atoms with E-state index in [1.165, 1.54) is 17.5 Å². The van der Waals surface area contributed by atoms with Gasteiger partial charge in [-0.2, -0.15) is 0 Å². The second-order valence-corrected chi connectivity index (χ2v) is 6.36. The molecule has 0 bridgehead atoms. The van der Waals surface area contributed by atoms with E-state index in [-0.39, 0.29) is 29.9 Å². The van der Waals surface area contributed by atoms with Gasteiger partial charge in [-0.1, -0.05) is 37.6 Å². The van der Waals surface area contributed by atoms with Gasteiger partial charge in [0.2, 0.25) is 5.91 Å². The summed E-state index contributed by atoms with van der Waals surface area (Å²) in [7, 11) is 3.89. The van der Waals surface area contributed by atoms with Crippen LogP contribution in [0.1, 0.15) is 43.7 Å². The quantitative estimate of drug-likeness (QED) is 0.388. The molecule has 1 fully saturated rings. The van der Waals surface area contributed by atoms with Crippen LogP contribution in [-0.2, 0) is 17.9 Å². The maximum Gasteiger partial charge on any atom is 0.222 e. The lowest BCUT2D eigenvalue weighted by molar-refractivity contribution is -0.128. The van der Waals surface area contributed by atoms with E-state index in [1.54, 1.807) is 0 Å². The molecular formula is C19H31IN4O. The molecule has 1 aliphatic heterocycles. The van der Waals surface area contributed by atoms with Gasteiger partial charge in [-0.3, -0.25) is 9.79 Å². The van der Waals surface area contributed by atoms with Crippen LogP contribution in [0.3, 0.4) is 0 Å². The molecule has 0 saturated carbocycles. The fraction of sp³-hybridized carbons (Fsp3) is 0.579. The van der Waals surface area contributed by atoms with Gasteiger partial charge in [-0.25, -0.2) is 0 Å². The maximum absolute atomic E-state index is 11.9. The molecule has 1 aromatic rings. The highest BCUT2D eigenvalue weighted by Crippen LogP contribution is 2.17. The molecule has 1 aromatic carbocycles. The van der Waals surface area contributed by atoms with Crippen molar-refractivity contribution in [1.82, 2.24) is 15.1 Å². The molecule has 0 spiro atoms. The maximum atomic E-state index is 11.9. The van der Waals surface area contributed by atoms with E-state index in [2.05, 4.69) is 47.4 Å². The average Bonchev–Trinajstić information content (AvgIpc) is 2.99. The molecule has 0 aliphatic carbocycles. The summed E-state index contributed by atoms with van der Waals surface area (Å²) in [5.74, 6) is 1.18. The highest BCUT2D eigenvalue weighted by molar-refractivity contribution is 14.0. The molecular weight excluding hydrogens is 427 g/mol. The normalized spacial score (nSPS) is 14.4. The van der Waals surface area contributed by atoms with E-state index in [1.807, 2.05) is 18.0 Å². The molecule has 140 valence electrons. The number of aliphatic imine (C=N–C) groups is 1. The number of guanidine groups is 1. The molecule has 1 aliphatic rings. The topological polar surface area (TPSA) is 47.9 Å². The minimum absolute atomic E-state index is 0. The smallest absolute Gasteiger partial charge is 0.222 e. The first-order chi connectivity index (χ1) is 11.7. The number of hydrogen-bond acceptors (Lipinski definition) is 2. The molecule has 6 heteroatoms. The number of benzene rings is 1. The van der Waals surface area contributed by atoms with Crippen LogP contribution in [0.25, 0.3) is 0 Å². The van der Waals surface area contributed by atoms with Gasteiger partial charge in [0, 0.05) is 46.7 Å². The van der Waals surface area contributed by atoms with E-state index in [4.69, 9.17) is 0 Å². The van der Waals surface area contributed by atoms with Crippen LogP contribution in [0.5, 0.6) is 0 Å². The Kier molecular flexibility index (Phi) is 9.85. The molecule has 1 heterocycles. The molecule has 1 saturated heterocycles. The first-order valence-corrected chi connectivity index (χ1v) is 8.92. The van der Waals surface area contributed by atoms with Gasteiger partial charge < -0.3 is 15.1 Å². The predicted molar refractivity (Wildman–Crippen MR) is 114 cm³/mol. The molecule has 0 radical (unpaired) electrons. The van der Waals surface area contributed by atoms with Crippen LogP contribution in [0.4, 0.5) is 0 Å². The minimum Gasteiger partial charge on any atom is -0.352 e. The van der Waals surface area contributed by atoms with Gasteiger partial charge in [-0.15, -0.1) is 24.0 Å². The molecule has 0 unspecified atom stereocenters. The van der Waals surface area contributed by atoms with Crippen molar-refractivity contribution in [3.63, 3.8) is 0 Å². The van der Waals surface area contributed by atoms with Crippen LogP contribution >= 0.6 is 24.0 Å². The van der Waals surface area contributed by atoms with Crippen molar-refractivity contribution in [3.05, 3.63) is 35.4 Å². The fourth-order valence-corrected chi connectivity index (χ4v) is 3.02. The standard InChI is InChI=1S/C19H30N4O.HI/c1-4-5-12-22(3)19(20-2)21-14-16-9-6-7-10-17(16)15-23-13-8-11-18(23)24;/h6-7,9-10H,4-5,8,11-15H2,1-3H3,(H,20,21);1H. The number of carbonyl (C=O) groups excluding carboxylic acids is 1. The Bertz CT molecular complexity index is 576. The summed E-state index contributed by atoms with van der Waals surface area (Å²) in [4.78, 5) is 20.4. The summed E-state index contributed by atoms with van der Waals surface area (Å²) in [6.07, 6.45) is 4.00. The van der Waals surface area contributed by atoms with Crippen LogP contribution in [0, 0.1) is 0 Å². The highest BCUT2D eigenvalue weighted by Gasteiger charge is 2.20. The average molecular weight is 458 g/mol. The van der Waals surface area contributed by atoms with Crippen molar-refractivity contribution < 1.29 is 4.79 Å². The Hall–Kier alpha value is -1.31. The molecule has 5 nitrogen and oxygen atoms in total. The third kappa shape index (κ3) is 6.49. The first kappa shape index (κ1) is 21.7. The predicted octanol–water partition coefficient (Wildman–Crippen LogP) is 3.23. The van der Waals surface area contributed by atoms with E-state index >= 15 is 0 Å². The van der Waals surface area contributed by atoms with Crippen molar-refractivity contribution >= 4 is 35.8 Å². The lowest BCUT2D eigenvalue weighted by Gasteiger charge is -2.23. The number of nitrogens with zero attached hydrogens (tertiary/aromatic N) is 3. The van der Waals surface area contributed by atoms with Crippen LogP contribution < -0.4 is 5.32 Å². The molecule has 2 rings (SSSR count). The van der Waals surface area contributed by atoms with Crippen LogP contribution in [0.15, 0.2) is 29.3 Å². The summed E-state index contributed by atoms with van der Waals surface area (Å²) in [5.41, 5.74) is 2.44. The molecule has 25 heavy (non-hydrogen) atoms. The third-order valence-corrected chi connectivity index (χ3v) is 4.51. The van der Waals surface area contributed by atoms with Crippen molar-refractivity contribution in [3.8, 4) is 0 Å². The fourth-order valence-electron chi connectivity index (χ4n) is 3.02. The molecule has 1 N–H and O–H groups in total. The van der Waals surface area contributed by atoms with Gasteiger partial charge in [0.05, 0.1) is 0 Å². The van der Waals surface area contributed by atoms with Crippen molar-refractivity contribution in [2.45, 2.75) is 45.7 Å². The number of amides is 1. The van der Waals surface area contributed by atoms with Crippen molar-refractivity contribution in [2.24, 2.45) is 4.99 Å². The second kappa shape index (κ2) is 11.3. The van der Waals surface area contributed by atoms with Gasteiger partial charge in [-0.05, 0) is 24.0 Å². The van der Waals surface area contributed by atoms with Gasteiger partial charge >= 0.3 is 0 Å². The summed E-state index contributed by atoms with van der Waals surface area (Å²) >= 11 is 0.